The van der Waals surface area contributed by atoms with Crippen molar-refractivity contribution < 1.29 is 5.11 Å². The Hall–Kier alpha value is -0.0900. The molecule has 1 aromatic rings. The number of halogens is 2. The Morgan fingerprint density at radius 1 is 1.41 bits per heavy atom. The van der Waals surface area contributed by atoms with Crippen LogP contribution in [0.15, 0.2) is 22.7 Å². The van der Waals surface area contributed by atoms with Crippen molar-refractivity contribution in [1.82, 2.24) is 5.32 Å². The molecule has 0 saturated heterocycles. The van der Waals surface area contributed by atoms with Gasteiger partial charge in [0.2, 0.25) is 0 Å². The van der Waals surface area contributed by atoms with Gasteiger partial charge in [0.1, 0.15) is 0 Å². The van der Waals surface area contributed by atoms with Crippen molar-refractivity contribution in [1.29, 1.82) is 0 Å². The molecule has 1 atom stereocenters. The van der Waals surface area contributed by atoms with Crippen LogP contribution in [0.25, 0.3) is 0 Å². The van der Waals surface area contributed by atoms with Gasteiger partial charge in [0.05, 0.1) is 12.6 Å². The number of hydrogen-bond acceptors (Lipinski definition) is 2. The lowest BCUT2D eigenvalue weighted by atomic mass is 10.1. The second-order valence-corrected chi connectivity index (χ2v) is 5.87. The summed E-state index contributed by atoms with van der Waals surface area (Å²) in [5.41, 5.74) is 0.976. The first kappa shape index (κ1) is 13.3. The van der Waals surface area contributed by atoms with Crippen LogP contribution in [0, 0.1) is 0 Å². The summed E-state index contributed by atoms with van der Waals surface area (Å²) in [7, 11) is 0. The van der Waals surface area contributed by atoms with Crippen molar-refractivity contribution in [2.75, 3.05) is 6.61 Å². The molecule has 0 bridgehead atoms. The number of aliphatic hydroxyl groups excluding tert-OH is 1. The molecule has 0 amide bonds. The zero-order valence-electron chi connectivity index (χ0n) is 9.63. The summed E-state index contributed by atoms with van der Waals surface area (Å²) in [6.45, 7) is 0.0812. The first-order valence-electron chi connectivity index (χ1n) is 6.02. The fourth-order valence-electron chi connectivity index (χ4n) is 2.40. The van der Waals surface area contributed by atoms with Gasteiger partial charge in [0.25, 0.3) is 0 Å². The average Bonchev–Trinajstić information content (AvgIpc) is 2.79. The van der Waals surface area contributed by atoms with Gasteiger partial charge in [-0.1, -0.05) is 46.4 Å². The number of hydrogen-bond donors (Lipinski definition) is 2. The van der Waals surface area contributed by atoms with E-state index in [-0.39, 0.29) is 12.6 Å². The normalized spacial score (nSPS) is 18.5. The van der Waals surface area contributed by atoms with Crippen LogP contribution in [0.1, 0.15) is 37.3 Å². The molecule has 1 fully saturated rings. The van der Waals surface area contributed by atoms with Crippen molar-refractivity contribution in [3.63, 3.8) is 0 Å². The summed E-state index contributed by atoms with van der Waals surface area (Å²) in [6, 6.07) is 6.26. The van der Waals surface area contributed by atoms with Gasteiger partial charge in [-0.15, -0.1) is 0 Å². The highest BCUT2D eigenvalue weighted by Gasteiger charge is 2.21. The van der Waals surface area contributed by atoms with Gasteiger partial charge in [-0.25, -0.2) is 0 Å². The Bertz CT molecular complexity index is 380. The van der Waals surface area contributed by atoms with E-state index in [2.05, 4.69) is 21.2 Å². The first-order chi connectivity index (χ1) is 8.20. The number of benzene rings is 1. The monoisotopic (exact) mass is 317 g/mol. The molecule has 0 spiro atoms. The van der Waals surface area contributed by atoms with Crippen LogP contribution < -0.4 is 5.32 Å². The topological polar surface area (TPSA) is 32.3 Å². The van der Waals surface area contributed by atoms with Crippen LogP contribution in [0.2, 0.25) is 5.02 Å². The first-order valence-corrected chi connectivity index (χ1v) is 7.19. The van der Waals surface area contributed by atoms with Gasteiger partial charge in [-0.05, 0) is 30.5 Å². The maximum atomic E-state index is 9.50. The molecule has 1 saturated carbocycles. The van der Waals surface area contributed by atoms with E-state index in [1.807, 2.05) is 18.2 Å². The molecule has 1 aliphatic rings. The molecule has 1 aliphatic carbocycles. The predicted octanol–water partition coefficient (Wildman–Crippen LogP) is 3.67. The second-order valence-electron chi connectivity index (χ2n) is 4.55. The molecule has 94 valence electrons. The molecule has 0 heterocycles. The maximum absolute atomic E-state index is 9.50. The second kappa shape index (κ2) is 6.19. The molecule has 1 unspecified atom stereocenters. The Kier molecular flexibility index (Phi) is 4.86. The van der Waals surface area contributed by atoms with Crippen molar-refractivity contribution in [2.45, 2.75) is 37.8 Å². The SMILES string of the molecule is OCC(NC1CCCC1)c1ccc(Br)cc1Cl. The zero-order chi connectivity index (χ0) is 12.3. The average molecular weight is 319 g/mol. The van der Waals surface area contributed by atoms with E-state index in [0.29, 0.717) is 11.1 Å². The third kappa shape index (κ3) is 3.44. The van der Waals surface area contributed by atoms with Crippen LogP contribution >= 0.6 is 27.5 Å². The summed E-state index contributed by atoms with van der Waals surface area (Å²) in [4.78, 5) is 0. The van der Waals surface area contributed by atoms with E-state index in [0.717, 1.165) is 10.0 Å². The van der Waals surface area contributed by atoms with E-state index in [4.69, 9.17) is 11.6 Å². The standard InChI is InChI=1S/C13H17BrClNO/c14-9-5-6-11(12(15)7-9)13(8-17)16-10-3-1-2-4-10/h5-7,10,13,16-17H,1-4,8H2. The lowest BCUT2D eigenvalue weighted by molar-refractivity contribution is 0.233. The van der Waals surface area contributed by atoms with Crippen molar-refractivity contribution >= 4 is 27.5 Å². The Labute approximate surface area is 115 Å². The maximum Gasteiger partial charge on any atom is 0.0627 e. The summed E-state index contributed by atoms with van der Waals surface area (Å²) >= 11 is 9.60. The molecule has 4 heteroatoms. The highest BCUT2D eigenvalue weighted by molar-refractivity contribution is 9.10. The summed E-state index contributed by atoms with van der Waals surface area (Å²) in [5, 5.41) is 13.7. The Morgan fingerprint density at radius 3 is 2.71 bits per heavy atom. The molecule has 2 nitrogen and oxygen atoms in total. The van der Waals surface area contributed by atoms with Crippen LogP contribution in [-0.2, 0) is 0 Å². The van der Waals surface area contributed by atoms with Gasteiger partial charge in [-0.2, -0.15) is 0 Å². The number of aliphatic hydroxyl groups is 1. The highest BCUT2D eigenvalue weighted by Crippen LogP contribution is 2.28. The molecular formula is C13H17BrClNO. The highest BCUT2D eigenvalue weighted by atomic mass is 79.9. The predicted molar refractivity (Wildman–Crippen MR) is 74.4 cm³/mol. The molecule has 0 radical (unpaired) electrons. The van der Waals surface area contributed by atoms with Crippen LogP contribution in [0.3, 0.4) is 0 Å². The van der Waals surface area contributed by atoms with Gasteiger partial charge >= 0.3 is 0 Å². The van der Waals surface area contributed by atoms with Gasteiger partial charge < -0.3 is 10.4 Å². The lowest BCUT2D eigenvalue weighted by Crippen LogP contribution is -2.32. The van der Waals surface area contributed by atoms with E-state index >= 15 is 0 Å². The van der Waals surface area contributed by atoms with E-state index in [1.54, 1.807) is 0 Å². The summed E-state index contributed by atoms with van der Waals surface area (Å²) in [5.74, 6) is 0. The minimum Gasteiger partial charge on any atom is -0.394 e. The number of rotatable bonds is 4. The third-order valence-corrected chi connectivity index (χ3v) is 4.13. The van der Waals surface area contributed by atoms with Crippen molar-refractivity contribution in [3.8, 4) is 0 Å². The largest absolute Gasteiger partial charge is 0.394 e. The van der Waals surface area contributed by atoms with Crippen LogP contribution in [-0.4, -0.2) is 17.8 Å². The molecular weight excluding hydrogens is 302 g/mol. The fraction of sp³-hybridized carbons (Fsp3) is 0.538. The number of nitrogens with one attached hydrogen (secondary N) is 1. The minimum atomic E-state index is -0.0568. The lowest BCUT2D eigenvalue weighted by Gasteiger charge is -2.22. The zero-order valence-corrected chi connectivity index (χ0v) is 12.0. The van der Waals surface area contributed by atoms with E-state index in [1.165, 1.54) is 25.7 Å². The fourth-order valence-corrected chi connectivity index (χ4v) is 3.21. The summed E-state index contributed by atoms with van der Waals surface area (Å²) < 4.78 is 0.962. The van der Waals surface area contributed by atoms with Gasteiger partial charge in [-0.3, -0.25) is 0 Å². The molecule has 2 rings (SSSR count). The molecule has 0 aromatic heterocycles. The van der Waals surface area contributed by atoms with Crippen LogP contribution in [0.5, 0.6) is 0 Å². The Balaban J connectivity index is 2.10. The summed E-state index contributed by atoms with van der Waals surface area (Å²) in [6.07, 6.45) is 4.96. The van der Waals surface area contributed by atoms with E-state index in [9.17, 15) is 5.11 Å². The minimum absolute atomic E-state index is 0.0568. The van der Waals surface area contributed by atoms with Gasteiger partial charge in [0.15, 0.2) is 0 Å². The molecule has 1 aromatic carbocycles. The van der Waals surface area contributed by atoms with Crippen molar-refractivity contribution in [3.05, 3.63) is 33.3 Å². The quantitative estimate of drug-likeness (QED) is 0.888. The van der Waals surface area contributed by atoms with Crippen molar-refractivity contribution in [2.24, 2.45) is 0 Å². The smallest absolute Gasteiger partial charge is 0.0627 e. The molecule has 17 heavy (non-hydrogen) atoms. The molecule has 0 aliphatic heterocycles. The van der Waals surface area contributed by atoms with E-state index < -0.39 is 0 Å². The van der Waals surface area contributed by atoms with Gasteiger partial charge in [0, 0.05) is 15.5 Å². The Morgan fingerprint density at radius 2 is 2.12 bits per heavy atom. The van der Waals surface area contributed by atoms with Crippen LogP contribution in [0.4, 0.5) is 0 Å². The third-order valence-electron chi connectivity index (χ3n) is 3.31. The molecule has 2 N–H and O–H groups in total.